The molecule has 0 amide bonds. The molecule has 7 heteroatoms. The van der Waals surface area contributed by atoms with Crippen LogP contribution in [0.2, 0.25) is 0 Å². The van der Waals surface area contributed by atoms with E-state index in [9.17, 15) is 14.2 Å². The summed E-state index contributed by atoms with van der Waals surface area (Å²) in [5.74, 6) is -0.305. The van der Waals surface area contributed by atoms with Gasteiger partial charge in [-0.1, -0.05) is 13.8 Å². The SMILES string of the molecule is Cc1cc(P(C)(C)=O)ncc1-c1c(C(C)(C)CC#N)n(-c2ccc(F)cc2)c2cc3c(cc12)CN=C3. The molecule has 5 rings (SSSR count). The van der Waals surface area contributed by atoms with Crippen LogP contribution in [-0.4, -0.2) is 29.1 Å². The lowest BCUT2D eigenvalue weighted by molar-refractivity contribution is 0.516. The first-order valence-corrected chi connectivity index (χ1v) is 14.5. The lowest BCUT2D eigenvalue weighted by Gasteiger charge is -2.27. The van der Waals surface area contributed by atoms with Crippen molar-refractivity contribution in [1.29, 1.82) is 5.26 Å². The van der Waals surface area contributed by atoms with Gasteiger partial charge in [0, 0.05) is 52.1 Å². The van der Waals surface area contributed by atoms with Gasteiger partial charge in [0.05, 0.1) is 23.6 Å². The molecule has 2 aromatic heterocycles. The maximum atomic E-state index is 13.9. The summed E-state index contributed by atoms with van der Waals surface area (Å²) < 4.78 is 28.8. The fourth-order valence-electron chi connectivity index (χ4n) is 5.04. The van der Waals surface area contributed by atoms with Crippen LogP contribution in [0.1, 0.15) is 42.7 Å². The number of benzene rings is 2. The quantitative estimate of drug-likeness (QED) is 0.295. The molecule has 0 saturated heterocycles. The molecule has 0 bridgehead atoms. The predicted molar refractivity (Wildman–Crippen MR) is 145 cm³/mol. The van der Waals surface area contributed by atoms with Crippen LogP contribution in [0.25, 0.3) is 27.7 Å². The highest BCUT2D eigenvalue weighted by atomic mass is 31.2. The number of pyridine rings is 1. The van der Waals surface area contributed by atoms with Crippen molar-refractivity contribution >= 4 is 29.7 Å². The molecular formula is C29H28FN4OP. The van der Waals surface area contributed by atoms with Gasteiger partial charge >= 0.3 is 0 Å². The Labute approximate surface area is 210 Å². The van der Waals surface area contributed by atoms with E-state index in [1.807, 2.05) is 25.4 Å². The number of hydrogen-bond acceptors (Lipinski definition) is 4. The van der Waals surface area contributed by atoms with Gasteiger partial charge in [0.15, 0.2) is 0 Å². The average Bonchev–Trinajstić information content (AvgIpc) is 3.39. The summed E-state index contributed by atoms with van der Waals surface area (Å²) >= 11 is 0. The van der Waals surface area contributed by atoms with Crippen molar-refractivity contribution in [3.63, 3.8) is 0 Å². The zero-order chi connectivity index (χ0) is 25.8. The Morgan fingerprint density at radius 2 is 1.89 bits per heavy atom. The molecule has 0 N–H and O–H groups in total. The van der Waals surface area contributed by atoms with E-state index < -0.39 is 12.6 Å². The Balaban J connectivity index is 1.94. The standard InChI is InChI=1S/C29H28FN4OP/c1-18-12-26(36(4,5)35)33-17-24(18)27-23-13-19-15-32-16-20(19)14-25(23)34(22-8-6-21(30)7-9-22)28(27)29(2,3)10-11-31/h6-9,12-14,16-17H,10,15H2,1-5H3. The molecule has 0 fully saturated rings. The number of nitriles is 1. The first-order valence-electron chi connectivity index (χ1n) is 11.9. The third-order valence-electron chi connectivity index (χ3n) is 6.88. The largest absolute Gasteiger partial charge is 0.318 e. The topological polar surface area (TPSA) is 71.0 Å². The van der Waals surface area contributed by atoms with Gasteiger partial charge in [-0.15, -0.1) is 0 Å². The summed E-state index contributed by atoms with van der Waals surface area (Å²) in [5.41, 5.74) is 7.88. The maximum absolute atomic E-state index is 13.9. The van der Waals surface area contributed by atoms with Crippen LogP contribution < -0.4 is 5.44 Å². The number of aliphatic imine (C=N–C) groups is 1. The van der Waals surface area contributed by atoms with E-state index in [1.54, 1.807) is 25.5 Å². The summed E-state index contributed by atoms with van der Waals surface area (Å²) in [4.78, 5) is 9.07. The normalized spacial score (nSPS) is 13.2. The minimum Gasteiger partial charge on any atom is -0.318 e. The molecular weight excluding hydrogens is 470 g/mol. The molecule has 2 aromatic carbocycles. The van der Waals surface area contributed by atoms with Crippen molar-refractivity contribution in [2.45, 2.75) is 39.2 Å². The number of nitrogens with zero attached hydrogens (tertiary/aromatic N) is 4. The van der Waals surface area contributed by atoms with E-state index in [2.05, 4.69) is 46.6 Å². The fourth-order valence-corrected chi connectivity index (χ4v) is 5.88. The molecule has 0 atom stereocenters. The second-order valence-corrected chi connectivity index (χ2v) is 13.7. The van der Waals surface area contributed by atoms with Crippen LogP contribution in [0.3, 0.4) is 0 Å². The molecule has 0 unspecified atom stereocenters. The highest BCUT2D eigenvalue weighted by molar-refractivity contribution is 7.69. The van der Waals surface area contributed by atoms with Crippen molar-refractivity contribution < 1.29 is 8.96 Å². The minimum absolute atomic E-state index is 0.294. The Bertz CT molecular complexity index is 1640. The molecule has 0 aliphatic carbocycles. The Kier molecular flexibility index (Phi) is 5.73. The van der Waals surface area contributed by atoms with Gasteiger partial charge < -0.3 is 9.13 Å². The van der Waals surface area contributed by atoms with Gasteiger partial charge in [0.2, 0.25) is 0 Å². The van der Waals surface area contributed by atoms with Gasteiger partial charge in [-0.3, -0.25) is 9.98 Å². The van der Waals surface area contributed by atoms with E-state index in [4.69, 9.17) is 0 Å². The highest BCUT2D eigenvalue weighted by Gasteiger charge is 2.33. The van der Waals surface area contributed by atoms with Crippen LogP contribution in [0.15, 0.2) is 53.7 Å². The Hall–Kier alpha value is -3.55. The van der Waals surface area contributed by atoms with Gasteiger partial charge in [0.1, 0.15) is 13.0 Å². The first-order chi connectivity index (χ1) is 17.0. The van der Waals surface area contributed by atoms with Crippen molar-refractivity contribution in [3.05, 3.63) is 76.9 Å². The van der Waals surface area contributed by atoms with E-state index in [0.717, 1.165) is 50.1 Å². The van der Waals surface area contributed by atoms with Crippen molar-refractivity contribution in [1.82, 2.24) is 9.55 Å². The molecule has 4 aromatic rings. The zero-order valence-electron chi connectivity index (χ0n) is 21.1. The first kappa shape index (κ1) is 24.2. The minimum atomic E-state index is -2.53. The van der Waals surface area contributed by atoms with Crippen molar-refractivity contribution in [2.24, 2.45) is 4.99 Å². The van der Waals surface area contributed by atoms with Crippen LogP contribution in [-0.2, 0) is 16.5 Å². The van der Waals surface area contributed by atoms with Crippen LogP contribution in [0.4, 0.5) is 4.39 Å². The van der Waals surface area contributed by atoms with Crippen LogP contribution in [0, 0.1) is 24.1 Å². The smallest absolute Gasteiger partial charge is 0.127 e. The van der Waals surface area contributed by atoms with Crippen molar-refractivity contribution in [2.75, 3.05) is 13.3 Å². The van der Waals surface area contributed by atoms with Gasteiger partial charge in [-0.05, 0) is 79.4 Å². The third kappa shape index (κ3) is 3.98. The number of hydrogen-bond donors (Lipinski definition) is 0. The number of aryl methyl sites for hydroxylation is 1. The molecule has 36 heavy (non-hydrogen) atoms. The average molecular weight is 499 g/mol. The lowest BCUT2D eigenvalue weighted by Crippen LogP contribution is -2.22. The van der Waals surface area contributed by atoms with Crippen LogP contribution >= 0.6 is 7.14 Å². The summed E-state index contributed by atoms with van der Waals surface area (Å²) in [6.07, 6.45) is 3.99. The number of aromatic nitrogens is 2. The molecule has 5 nitrogen and oxygen atoms in total. The zero-order valence-corrected chi connectivity index (χ0v) is 22.0. The fraction of sp³-hybridized carbons (Fsp3) is 0.276. The molecule has 1 aliphatic rings. The predicted octanol–water partition coefficient (Wildman–Crippen LogP) is 6.51. The summed E-state index contributed by atoms with van der Waals surface area (Å²) in [7, 11) is -2.53. The second kappa shape index (κ2) is 8.54. The maximum Gasteiger partial charge on any atom is 0.127 e. The second-order valence-electron chi connectivity index (χ2n) is 10.5. The number of rotatable bonds is 5. The molecule has 1 aliphatic heterocycles. The van der Waals surface area contributed by atoms with E-state index in [0.29, 0.717) is 18.4 Å². The van der Waals surface area contributed by atoms with E-state index >= 15 is 0 Å². The monoisotopic (exact) mass is 498 g/mol. The molecule has 182 valence electrons. The van der Waals surface area contributed by atoms with Gasteiger partial charge in [-0.25, -0.2) is 4.39 Å². The molecule has 0 spiro atoms. The van der Waals surface area contributed by atoms with Crippen molar-refractivity contribution in [3.8, 4) is 22.9 Å². The summed E-state index contributed by atoms with van der Waals surface area (Å²) in [5, 5.41) is 10.8. The van der Waals surface area contributed by atoms with Gasteiger partial charge in [0.25, 0.3) is 0 Å². The number of fused-ring (bicyclic) bond motifs is 2. The third-order valence-corrected chi connectivity index (χ3v) is 8.23. The Morgan fingerprint density at radius 3 is 2.53 bits per heavy atom. The molecule has 0 radical (unpaired) electrons. The molecule has 3 heterocycles. The summed E-state index contributed by atoms with van der Waals surface area (Å²) in [6, 6.07) is 15.0. The lowest BCUT2D eigenvalue weighted by atomic mass is 9.81. The molecule has 0 saturated carbocycles. The summed E-state index contributed by atoms with van der Waals surface area (Å²) in [6.45, 7) is 10.2. The number of halogens is 1. The van der Waals surface area contributed by atoms with Gasteiger partial charge in [-0.2, -0.15) is 5.26 Å². The van der Waals surface area contributed by atoms with E-state index in [1.165, 1.54) is 12.1 Å². The van der Waals surface area contributed by atoms with Crippen LogP contribution in [0.5, 0.6) is 0 Å². The highest BCUT2D eigenvalue weighted by Crippen LogP contribution is 2.46. The Morgan fingerprint density at radius 1 is 1.17 bits per heavy atom. The van der Waals surface area contributed by atoms with E-state index in [-0.39, 0.29) is 5.82 Å².